The number of halogens is 1. The van der Waals surface area contributed by atoms with Gasteiger partial charge in [0.05, 0.1) is 4.88 Å². The molecule has 0 saturated carbocycles. The number of benzene rings is 1. The second kappa shape index (κ2) is 5.35. The SMILES string of the molecule is O=C(c1ccc(-c2ccc(Cl)cc2)s1)N1CCCC1. The topological polar surface area (TPSA) is 20.3 Å². The molecule has 0 aliphatic carbocycles. The minimum Gasteiger partial charge on any atom is -0.338 e. The van der Waals surface area contributed by atoms with E-state index in [0.29, 0.717) is 0 Å². The molecule has 4 heteroatoms. The van der Waals surface area contributed by atoms with Crippen molar-refractivity contribution in [2.75, 3.05) is 13.1 Å². The molecule has 1 aromatic heterocycles. The molecule has 0 bridgehead atoms. The fourth-order valence-corrected chi connectivity index (χ4v) is 3.40. The zero-order valence-electron chi connectivity index (χ0n) is 10.4. The van der Waals surface area contributed by atoms with Crippen LogP contribution in [-0.4, -0.2) is 23.9 Å². The second-order valence-corrected chi connectivity index (χ2v) is 6.19. The maximum atomic E-state index is 12.3. The van der Waals surface area contributed by atoms with E-state index in [1.165, 1.54) is 0 Å². The largest absolute Gasteiger partial charge is 0.338 e. The molecular weight excluding hydrogens is 278 g/mol. The lowest BCUT2D eigenvalue weighted by Crippen LogP contribution is -2.26. The van der Waals surface area contributed by atoms with Gasteiger partial charge in [0.1, 0.15) is 0 Å². The predicted molar refractivity (Wildman–Crippen MR) is 79.9 cm³/mol. The summed E-state index contributed by atoms with van der Waals surface area (Å²) >= 11 is 7.44. The molecule has 2 heterocycles. The fraction of sp³-hybridized carbons (Fsp3) is 0.267. The minimum atomic E-state index is 0.169. The fourth-order valence-electron chi connectivity index (χ4n) is 2.30. The number of nitrogens with zero attached hydrogens (tertiary/aromatic N) is 1. The maximum absolute atomic E-state index is 12.3. The van der Waals surface area contributed by atoms with Gasteiger partial charge in [0.25, 0.3) is 5.91 Å². The summed E-state index contributed by atoms with van der Waals surface area (Å²) < 4.78 is 0. The third-order valence-electron chi connectivity index (χ3n) is 3.34. The van der Waals surface area contributed by atoms with E-state index >= 15 is 0 Å². The van der Waals surface area contributed by atoms with Crippen molar-refractivity contribution in [3.63, 3.8) is 0 Å². The molecule has 0 spiro atoms. The molecule has 19 heavy (non-hydrogen) atoms. The Morgan fingerprint density at radius 3 is 2.42 bits per heavy atom. The first-order valence-electron chi connectivity index (χ1n) is 6.39. The average Bonchev–Trinajstić information content (AvgIpc) is 3.10. The van der Waals surface area contributed by atoms with Crippen LogP contribution in [0, 0.1) is 0 Å². The van der Waals surface area contributed by atoms with Crippen molar-refractivity contribution < 1.29 is 4.79 Å². The van der Waals surface area contributed by atoms with Crippen LogP contribution in [0.2, 0.25) is 5.02 Å². The molecule has 1 aliphatic rings. The lowest BCUT2D eigenvalue weighted by Gasteiger charge is -2.13. The van der Waals surface area contributed by atoms with Gasteiger partial charge in [0.15, 0.2) is 0 Å². The van der Waals surface area contributed by atoms with Crippen LogP contribution in [0.4, 0.5) is 0 Å². The van der Waals surface area contributed by atoms with E-state index in [9.17, 15) is 4.79 Å². The van der Waals surface area contributed by atoms with E-state index in [1.54, 1.807) is 11.3 Å². The second-order valence-electron chi connectivity index (χ2n) is 4.67. The number of carbonyl (C=O) groups is 1. The molecule has 0 N–H and O–H groups in total. The number of likely N-dealkylation sites (tertiary alicyclic amines) is 1. The first-order valence-corrected chi connectivity index (χ1v) is 7.58. The summed E-state index contributed by atoms with van der Waals surface area (Å²) in [5.74, 6) is 0.169. The average molecular weight is 292 g/mol. The van der Waals surface area contributed by atoms with Crippen LogP contribution in [0.15, 0.2) is 36.4 Å². The highest BCUT2D eigenvalue weighted by molar-refractivity contribution is 7.17. The standard InChI is InChI=1S/C15H14ClNOS/c16-12-5-3-11(4-6-12)13-7-8-14(19-13)15(18)17-9-1-2-10-17/h3-8H,1-2,9-10H2. The smallest absolute Gasteiger partial charge is 0.263 e. The van der Waals surface area contributed by atoms with Crippen LogP contribution in [0.3, 0.4) is 0 Å². The molecule has 1 amide bonds. The molecule has 2 nitrogen and oxygen atoms in total. The van der Waals surface area contributed by atoms with Gasteiger partial charge in [-0.15, -0.1) is 11.3 Å². The molecule has 1 saturated heterocycles. The number of amides is 1. The Morgan fingerprint density at radius 1 is 1.05 bits per heavy atom. The third-order valence-corrected chi connectivity index (χ3v) is 4.71. The van der Waals surface area contributed by atoms with Crippen LogP contribution in [0.1, 0.15) is 22.5 Å². The Hall–Kier alpha value is -1.32. The van der Waals surface area contributed by atoms with Gasteiger partial charge in [-0.1, -0.05) is 23.7 Å². The van der Waals surface area contributed by atoms with E-state index in [-0.39, 0.29) is 5.91 Å². The van der Waals surface area contributed by atoms with E-state index in [0.717, 1.165) is 46.3 Å². The Labute approximate surface area is 121 Å². The van der Waals surface area contributed by atoms with Crippen LogP contribution in [0.25, 0.3) is 10.4 Å². The summed E-state index contributed by atoms with van der Waals surface area (Å²) in [7, 11) is 0. The molecule has 98 valence electrons. The van der Waals surface area contributed by atoms with Gasteiger partial charge >= 0.3 is 0 Å². The van der Waals surface area contributed by atoms with Crippen molar-refractivity contribution in [3.8, 4) is 10.4 Å². The molecule has 1 aliphatic heterocycles. The van der Waals surface area contributed by atoms with Crippen molar-refractivity contribution in [2.24, 2.45) is 0 Å². The van der Waals surface area contributed by atoms with Crippen LogP contribution < -0.4 is 0 Å². The molecular formula is C15H14ClNOS. The molecule has 0 radical (unpaired) electrons. The minimum absolute atomic E-state index is 0.169. The Balaban J connectivity index is 1.82. The van der Waals surface area contributed by atoms with Crippen LogP contribution in [0.5, 0.6) is 0 Å². The Morgan fingerprint density at radius 2 is 1.74 bits per heavy atom. The van der Waals surface area contributed by atoms with Crippen molar-refractivity contribution in [1.29, 1.82) is 0 Å². The first kappa shape index (κ1) is 12.7. The van der Waals surface area contributed by atoms with Gasteiger partial charge in [-0.3, -0.25) is 4.79 Å². The van der Waals surface area contributed by atoms with Gasteiger partial charge in [-0.2, -0.15) is 0 Å². The summed E-state index contributed by atoms with van der Waals surface area (Å²) in [5.41, 5.74) is 1.11. The number of hydrogen-bond donors (Lipinski definition) is 0. The summed E-state index contributed by atoms with van der Waals surface area (Å²) in [4.78, 5) is 16.1. The summed E-state index contributed by atoms with van der Waals surface area (Å²) in [6.07, 6.45) is 2.25. The van der Waals surface area contributed by atoms with Gasteiger partial charge in [-0.05, 0) is 42.7 Å². The Kier molecular flexibility index (Phi) is 3.58. The summed E-state index contributed by atoms with van der Waals surface area (Å²) in [6, 6.07) is 11.7. The Bertz CT molecular complexity index is 584. The number of thiophene rings is 1. The molecule has 2 aromatic rings. The highest BCUT2D eigenvalue weighted by atomic mass is 35.5. The third kappa shape index (κ3) is 2.67. The number of rotatable bonds is 2. The van der Waals surface area contributed by atoms with Crippen molar-refractivity contribution in [2.45, 2.75) is 12.8 Å². The van der Waals surface area contributed by atoms with Crippen LogP contribution >= 0.6 is 22.9 Å². The van der Waals surface area contributed by atoms with E-state index in [2.05, 4.69) is 0 Å². The summed E-state index contributed by atoms with van der Waals surface area (Å²) in [6.45, 7) is 1.79. The zero-order valence-corrected chi connectivity index (χ0v) is 12.0. The highest BCUT2D eigenvalue weighted by Crippen LogP contribution is 2.30. The van der Waals surface area contributed by atoms with Crippen molar-refractivity contribution in [3.05, 3.63) is 46.3 Å². The molecule has 1 aromatic carbocycles. The molecule has 1 fully saturated rings. The lowest BCUT2D eigenvalue weighted by molar-refractivity contribution is 0.0797. The maximum Gasteiger partial charge on any atom is 0.263 e. The quantitative estimate of drug-likeness (QED) is 0.807. The number of hydrogen-bond acceptors (Lipinski definition) is 2. The van der Waals surface area contributed by atoms with Gasteiger partial charge in [0, 0.05) is 23.0 Å². The van der Waals surface area contributed by atoms with Gasteiger partial charge in [-0.25, -0.2) is 0 Å². The highest BCUT2D eigenvalue weighted by Gasteiger charge is 2.20. The predicted octanol–water partition coefficient (Wildman–Crippen LogP) is 4.30. The molecule has 0 atom stereocenters. The first-order chi connectivity index (χ1) is 9.24. The molecule has 3 rings (SSSR count). The summed E-state index contributed by atoms with van der Waals surface area (Å²) in [5, 5.41) is 0.730. The van der Waals surface area contributed by atoms with Crippen molar-refractivity contribution >= 4 is 28.8 Å². The lowest BCUT2D eigenvalue weighted by atomic mass is 10.2. The van der Waals surface area contributed by atoms with E-state index in [4.69, 9.17) is 11.6 Å². The van der Waals surface area contributed by atoms with Gasteiger partial charge < -0.3 is 4.90 Å². The van der Waals surface area contributed by atoms with E-state index in [1.807, 2.05) is 41.3 Å². The van der Waals surface area contributed by atoms with Crippen LogP contribution in [-0.2, 0) is 0 Å². The van der Waals surface area contributed by atoms with Crippen molar-refractivity contribution in [1.82, 2.24) is 4.90 Å². The van der Waals surface area contributed by atoms with Gasteiger partial charge in [0.2, 0.25) is 0 Å². The monoisotopic (exact) mass is 291 g/mol. The normalized spacial score (nSPS) is 14.9. The zero-order chi connectivity index (χ0) is 13.2. The number of carbonyl (C=O) groups excluding carboxylic acids is 1. The van der Waals surface area contributed by atoms with E-state index < -0.39 is 0 Å². The molecule has 0 unspecified atom stereocenters.